The maximum absolute atomic E-state index is 13.1. The molecule has 7 heteroatoms. The van der Waals surface area contributed by atoms with Crippen LogP contribution >= 0.6 is 0 Å². The van der Waals surface area contributed by atoms with Gasteiger partial charge in [0.25, 0.3) is 5.91 Å². The van der Waals surface area contributed by atoms with Crippen LogP contribution in [0.1, 0.15) is 59.1 Å². The first-order chi connectivity index (χ1) is 15.9. The third kappa shape index (κ3) is 5.43. The highest BCUT2D eigenvalue weighted by atomic mass is 19.1. The predicted octanol–water partition coefficient (Wildman–Crippen LogP) is 3.85. The molecule has 2 N–H and O–H groups in total. The maximum Gasteiger partial charge on any atom is 0.254 e. The summed E-state index contributed by atoms with van der Waals surface area (Å²) in [5.41, 5.74) is 3.22. The van der Waals surface area contributed by atoms with Crippen LogP contribution in [0.15, 0.2) is 67.1 Å². The summed E-state index contributed by atoms with van der Waals surface area (Å²) in [6.07, 6.45) is 6.86. The molecule has 1 amide bonds. The molecule has 2 heterocycles. The van der Waals surface area contributed by atoms with E-state index in [-0.39, 0.29) is 29.8 Å². The molecular formula is C26H29FN4O2. The quantitative estimate of drug-likeness (QED) is 0.574. The summed E-state index contributed by atoms with van der Waals surface area (Å²) >= 11 is 0. The van der Waals surface area contributed by atoms with E-state index in [2.05, 4.69) is 15.3 Å². The molecule has 4 rings (SSSR count). The molecule has 2 aromatic carbocycles. The molecule has 3 aromatic rings. The number of nitrogens with one attached hydrogen (secondary N) is 1. The number of amides is 1. The summed E-state index contributed by atoms with van der Waals surface area (Å²) in [6, 6.07) is 13.7. The second-order valence-corrected chi connectivity index (χ2v) is 8.67. The number of nitrogens with zero attached hydrogens (tertiary/aromatic N) is 3. The molecule has 6 nitrogen and oxygen atoms in total. The van der Waals surface area contributed by atoms with E-state index < -0.39 is 6.10 Å². The SMILES string of the molecule is CC(c1cnccn1)N(C)C(=O)c1ccc(CC2CCC(C(O)c3ccc(F)cc3)N2)cc1. The van der Waals surface area contributed by atoms with E-state index in [9.17, 15) is 14.3 Å². The Hall–Kier alpha value is -3.16. The highest BCUT2D eigenvalue weighted by molar-refractivity contribution is 5.94. The molecule has 1 fully saturated rings. The smallest absolute Gasteiger partial charge is 0.254 e. The van der Waals surface area contributed by atoms with Gasteiger partial charge in [0.1, 0.15) is 5.82 Å². The average molecular weight is 449 g/mol. The zero-order valence-electron chi connectivity index (χ0n) is 18.9. The van der Waals surface area contributed by atoms with E-state index in [0.717, 1.165) is 36.1 Å². The van der Waals surface area contributed by atoms with E-state index in [1.165, 1.54) is 12.1 Å². The Morgan fingerprint density at radius 3 is 2.55 bits per heavy atom. The van der Waals surface area contributed by atoms with Crippen molar-refractivity contribution in [3.8, 4) is 0 Å². The molecule has 4 atom stereocenters. The van der Waals surface area contributed by atoms with Crippen molar-refractivity contribution in [2.45, 2.75) is 50.4 Å². The molecule has 0 spiro atoms. The lowest BCUT2D eigenvalue weighted by molar-refractivity contribution is 0.0739. The van der Waals surface area contributed by atoms with Crippen LogP contribution in [0.5, 0.6) is 0 Å². The molecular weight excluding hydrogens is 419 g/mol. The van der Waals surface area contributed by atoms with Gasteiger partial charge in [-0.1, -0.05) is 24.3 Å². The monoisotopic (exact) mass is 448 g/mol. The van der Waals surface area contributed by atoms with Crippen molar-refractivity contribution in [2.24, 2.45) is 0 Å². The van der Waals surface area contributed by atoms with E-state index in [1.807, 2.05) is 31.2 Å². The Kier molecular flexibility index (Phi) is 7.11. The van der Waals surface area contributed by atoms with E-state index in [0.29, 0.717) is 5.56 Å². The van der Waals surface area contributed by atoms with Crippen molar-refractivity contribution < 1.29 is 14.3 Å². The first kappa shape index (κ1) is 23.0. The minimum atomic E-state index is -0.664. The highest BCUT2D eigenvalue weighted by Crippen LogP contribution is 2.27. The number of aromatic nitrogens is 2. The van der Waals surface area contributed by atoms with Gasteiger partial charge < -0.3 is 15.3 Å². The average Bonchev–Trinajstić information content (AvgIpc) is 3.32. The number of carbonyl (C=O) groups excluding carboxylic acids is 1. The van der Waals surface area contributed by atoms with Crippen LogP contribution in [0, 0.1) is 5.82 Å². The van der Waals surface area contributed by atoms with Gasteiger partial charge in [-0.05, 0) is 61.6 Å². The Labute approximate surface area is 193 Å². The summed E-state index contributed by atoms with van der Waals surface area (Å²) in [5, 5.41) is 14.1. The number of halogens is 1. The van der Waals surface area contributed by atoms with Crippen molar-refractivity contribution in [3.63, 3.8) is 0 Å². The molecule has 1 aliphatic rings. The molecule has 1 saturated heterocycles. The standard InChI is InChI=1S/C26H29FN4O2/c1-17(24-16-28-13-14-29-24)31(2)26(33)20-5-3-18(4-6-20)15-22-11-12-23(30-22)25(32)19-7-9-21(27)10-8-19/h3-10,13-14,16-17,22-23,25,30,32H,11-12,15H2,1-2H3. The van der Waals surface area contributed by atoms with Gasteiger partial charge in [-0.2, -0.15) is 0 Å². The van der Waals surface area contributed by atoms with Gasteiger partial charge in [-0.25, -0.2) is 4.39 Å². The van der Waals surface area contributed by atoms with Crippen LogP contribution in [0.2, 0.25) is 0 Å². The Morgan fingerprint density at radius 2 is 1.88 bits per heavy atom. The number of carbonyl (C=O) groups is 1. The normalized spacial score (nSPS) is 19.8. The predicted molar refractivity (Wildman–Crippen MR) is 124 cm³/mol. The van der Waals surface area contributed by atoms with Crippen LogP contribution in [-0.4, -0.2) is 45.0 Å². The van der Waals surface area contributed by atoms with Crippen LogP contribution < -0.4 is 5.32 Å². The summed E-state index contributed by atoms with van der Waals surface area (Å²) in [6.45, 7) is 1.93. The van der Waals surface area contributed by atoms with Gasteiger partial charge in [-0.15, -0.1) is 0 Å². The lowest BCUT2D eigenvalue weighted by Crippen LogP contribution is -2.35. The van der Waals surface area contributed by atoms with E-state index in [4.69, 9.17) is 0 Å². The summed E-state index contributed by atoms with van der Waals surface area (Å²) in [5.74, 6) is -0.374. The lowest BCUT2D eigenvalue weighted by atomic mass is 10.0. The summed E-state index contributed by atoms with van der Waals surface area (Å²) in [4.78, 5) is 22.9. The molecule has 1 aliphatic heterocycles. The fraction of sp³-hybridized carbons (Fsp3) is 0.346. The highest BCUT2D eigenvalue weighted by Gasteiger charge is 2.30. The van der Waals surface area contributed by atoms with Gasteiger partial charge in [0.15, 0.2) is 0 Å². The van der Waals surface area contributed by atoms with Gasteiger partial charge >= 0.3 is 0 Å². The van der Waals surface area contributed by atoms with Gasteiger partial charge in [0.2, 0.25) is 0 Å². The molecule has 0 radical (unpaired) electrons. The molecule has 0 aliphatic carbocycles. The topological polar surface area (TPSA) is 78.4 Å². The number of aliphatic hydroxyl groups excluding tert-OH is 1. The van der Waals surface area contributed by atoms with Crippen molar-refractivity contribution in [2.75, 3.05) is 7.05 Å². The first-order valence-electron chi connectivity index (χ1n) is 11.2. The van der Waals surface area contributed by atoms with Crippen molar-refractivity contribution >= 4 is 5.91 Å². The molecule has 4 unspecified atom stereocenters. The molecule has 0 bridgehead atoms. The van der Waals surface area contributed by atoms with E-state index in [1.54, 1.807) is 42.7 Å². The van der Waals surface area contributed by atoms with Gasteiger partial charge in [-0.3, -0.25) is 14.8 Å². The first-order valence-corrected chi connectivity index (χ1v) is 11.2. The van der Waals surface area contributed by atoms with Crippen LogP contribution in [0.4, 0.5) is 4.39 Å². The van der Waals surface area contributed by atoms with Crippen molar-refractivity contribution in [1.82, 2.24) is 20.2 Å². The number of hydrogen-bond donors (Lipinski definition) is 2. The van der Waals surface area contributed by atoms with Crippen LogP contribution in [-0.2, 0) is 6.42 Å². The van der Waals surface area contributed by atoms with Gasteiger partial charge in [0, 0.05) is 37.1 Å². The maximum atomic E-state index is 13.1. The number of benzene rings is 2. The van der Waals surface area contributed by atoms with Gasteiger partial charge in [0.05, 0.1) is 24.0 Å². The largest absolute Gasteiger partial charge is 0.387 e. The zero-order chi connectivity index (χ0) is 23.4. The molecule has 0 saturated carbocycles. The zero-order valence-corrected chi connectivity index (χ0v) is 18.9. The fourth-order valence-electron chi connectivity index (χ4n) is 4.32. The van der Waals surface area contributed by atoms with Crippen LogP contribution in [0.3, 0.4) is 0 Å². The summed E-state index contributed by atoms with van der Waals surface area (Å²) in [7, 11) is 1.77. The Bertz CT molecular complexity index is 1060. The van der Waals surface area contributed by atoms with E-state index >= 15 is 0 Å². The molecule has 1 aromatic heterocycles. The van der Waals surface area contributed by atoms with Crippen molar-refractivity contribution in [1.29, 1.82) is 0 Å². The molecule has 33 heavy (non-hydrogen) atoms. The minimum absolute atomic E-state index is 0.0578. The number of aliphatic hydroxyl groups is 1. The van der Waals surface area contributed by atoms with Crippen molar-refractivity contribution in [3.05, 3.63) is 95.3 Å². The summed E-state index contributed by atoms with van der Waals surface area (Å²) < 4.78 is 13.1. The van der Waals surface area contributed by atoms with Crippen LogP contribution in [0.25, 0.3) is 0 Å². The molecule has 172 valence electrons. The fourth-order valence-corrected chi connectivity index (χ4v) is 4.32. The minimum Gasteiger partial charge on any atom is -0.387 e. The second-order valence-electron chi connectivity index (χ2n) is 8.67. The number of hydrogen-bond acceptors (Lipinski definition) is 5. The lowest BCUT2D eigenvalue weighted by Gasteiger charge is -2.24. The number of rotatable bonds is 7. The Balaban J connectivity index is 1.33. The Morgan fingerprint density at radius 1 is 1.15 bits per heavy atom. The third-order valence-corrected chi connectivity index (χ3v) is 6.46. The third-order valence-electron chi connectivity index (χ3n) is 6.46. The second kappa shape index (κ2) is 10.2.